The van der Waals surface area contributed by atoms with E-state index in [0.717, 1.165) is 51.5 Å². The molecule has 0 bridgehead atoms. The molecule has 0 aliphatic carbocycles. The van der Waals surface area contributed by atoms with Crippen molar-refractivity contribution in [1.29, 1.82) is 0 Å². The van der Waals surface area contributed by atoms with Crippen LogP contribution in [0.25, 0.3) is 0 Å². The first-order valence-electron chi connectivity index (χ1n) is 10.1. The Bertz CT molecular complexity index is 583. The van der Waals surface area contributed by atoms with Crippen LogP contribution in [0.5, 0.6) is 0 Å². The number of nitrogens with one attached hydrogen (secondary N) is 2. The van der Waals surface area contributed by atoms with Crippen LogP contribution in [0, 0.1) is 0 Å². The Balaban J connectivity index is 0.00000392. The fraction of sp³-hybridized carbons (Fsp3) is 0.619. The maximum absolute atomic E-state index is 11.1. The van der Waals surface area contributed by atoms with Gasteiger partial charge in [-0.25, -0.2) is 0 Å². The van der Waals surface area contributed by atoms with Crippen molar-refractivity contribution in [1.82, 2.24) is 15.5 Å². The number of hydrogen-bond donors (Lipinski definition) is 2. The smallest absolute Gasteiger partial charge is 0.305 e. The number of carbonyl (C=O) groups is 1. The van der Waals surface area contributed by atoms with Gasteiger partial charge in [0.25, 0.3) is 0 Å². The van der Waals surface area contributed by atoms with E-state index in [0.29, 0.717) is 12.5 Å². The Morgan fingerprint density at radius 2 is 2.04 bits per heavy atom. The van der Waals surface area contributed by atoms with Gasteiger partial charge in [0.05, 0.1) is 13.7 Å². The highest BCUT2D eigenvalue weighted by molar-refractivity contribution is 14.0. The first-order valence-corrected chi connectivity index (χ1v) is 10.1. The predicted molar refractivity (Wildman–Crippen MR) is 125 cm³/mol. The number of guanidine groups is 1. The third kappa shape index (κ3) is 9.23. The molecule has 1 fully saturated rings. The number of esters is 1. The minimum atomic E-state index is -0.143. The standard InChI is InChI=1S/C21H34N4O2.HI/c1-3-22-21(23-14-8-7-13-20(26)27-2)24-16-19-12-9-15-25(19)17-18-10-5-4-6-11-18;/h4-6,10-11,19H,3,7-9,12-17H2,1-2H3,(H2,22,23,24);1H. The molecule has 0 spiro atoms. The average Bonchev–Trinajstić information content (AvgIpc) is 3.13. The van der Waals surface area contributed by atoms with Crippen molar-refractivity contribution in [3.05, 3.63) is 35.9 Å². The Labute approximate surface area is 186 Å². The summed E-state index contributed by atoms with van der Waals surface area (Å²) in [5.74, 6) is 0.720. The normalized spacial score (nSPS) is 17.1. The van der Waals surface area contributed by atoms with Crippen molar-refractivity contribution in [3.8, 4) is 0 Å². The second-order valence-corrected chi connectivity index (χ2v) is 6.93. The van der Waals surface area contributed by atoms with Crippen molar-refractivity contribution >= 4 is 35.9 Å². The third-order valence-electron chi connectivity index (χ3n) is 4.86. The zero-order valence-electron chi connectivity index (χ0n) is 17.2. The van der Waals surface area contributed by atoms with Crippen LogP contribution in [0.3, 0.4) is 0 Å². The molecule has 1 aliphatic heterocycles. The van der Waals surface area contributed by atoms with Gasteiger partial charge in [-0.3, -0.25) is 14.7 Å². The van der Waals surface area contributed by atoms with Gasteiger partial charge in [0, 0.05) is 32.1 Å². The van der Waals surface area contributed by atoms with Crippen LogP contribution in [0.15, 0.2) is 35.3 Å². The highest BCUT2D eigenvalue weighted by Gasteiger charge is 2.24. The lowest BCUT2D eigenvalue weighted by Crippen LogP contribution is -2.39. The van der Waals surface area contributed by atoms with E-state index in [1.54, 1.807) is 0 Å². The molecule has 1 heterocycles. The zero-order valence-corrected chi connectivity index (χ0v) is 19.5. The SMILES string of the molecule is CCNC(=NCC1CCCN1Cc1ccccc1)NCCCCC(=O)OC.I. The molecule has 6 nitrogen and oxygen atoms in total. The van der Waals surface area contributed by atoms with Gasteiger partial charge in [0.1, 0.15) is 0 Å². The number of nitrogens with zero attached hydrogens (tertiary/aromatic N) is 2. The molecule has 1 aromatic rings. The molecule has 1 saturated heterocycles. The lowest BCUT2D eigenvalue weighted by molar-refractivity contribution is -0.140. The fourth-order valence-corrected chi connectivity index (χ4v) is 3.37. The maximum Gasteiger partial charge on any atom is 0.305 e. The molecule has 0 aromatic heterocycles. The van der Waals surface area contributed by atoms with Crippen LogP contribution in [-0.2, 0) is 16.1 Å². The minimum absolute atomic E-state index is 0. The quantitative estimate of drug-likeness (QED) is 0.169. The van der Waals surface area contributed by atoms with Gasteiger partial charge in [0.2, 0.25) is 0 Å². The van der Waals surface area contributed by atoms with Crippen molar-refractivity contribution < 1.29 is 9.53 Å². The number of unbranched alkanes of at least 4 members (excludes halogenated alkanes) is 1. The molecule has 1 aliphatic rings. The van der Waals surface area contributed by atoms with Crippen LogP contribution in [0.2, 0.25) is 0 Å². The lowest BCUT2D eigenvalue weighted by atomic mass is 10.2. The van der Waals surface area contributed by atoms with E-state index in [1.165, 1.54) is 25.5 Å². The first-order chi connectivity index (χ1) is 13.2. The largest absolute Gasteiger partial charge is 0.469 e. The Morgan fingerprint density at radius 1 is 1.25 bits per heavy atom. The lowest BCUT2D eigenvalue weighted by Gasteiger charge is -2.23. The molecule has 1 atom stereocenters. The van der Waals surface area contributed by atoms with Crippen molar-refractivity contribution in [2.75, 3.05) is 33.3 Å². The van der Waals surface area contributed by atoms with E-state index in [-0.39, 0.29) is 29.9 Å². The zero-order chi connectivity index (χ0) is 19.3. The van der Waals surface area contributed by atoms with E-state index in [2.05, 4.69) is 57.5 Å². The van der Waals surface area contributed by atoms with Crippen LogP contribution in [0.1, 0.15) is 44.6 Å². The van der Waals surface area contributed by atoms with Gasteiger partial charge in [-0.2, -0.15) is 0 Å². The van der Waals surface area contributed by atoms with E-state index in [4.69, 9.17) is 4.99 Å². The number of likely N-dealkylation sites (tertiary alicyclic amines) is 1. The first kappa shape index (κ1) is 24.7. The number of hydrogen-bond acceptors (Lipinski definition) is 4. The molecule has 0 amide bonds. The summed E-state index contributed by atoms with van der Waals surface area (Å²) in [4.78, 5) is 18.5. The highest BCUT2D eigenvalue weighted by atomic mass is 127. The highest BCUT2D eigenvalue weighted by Crippen LogP contribution is 2.20. The van der Waals surface area contributed by atoms with E-state index in [1.807, 2.05) is 0 Å². The van der Waals surface area contributed by atoms with Crippen LogP contribution >= 0.6 is 24.0 Å². The number of ether oxygens (including phenoxy) is 1. The molecule has 0 saturated carbocycles. The summed E-state index contributed by atoms with van der Waals surface area (Å²) in [7, 11) is 1.43. The van der Waals surface area contributed by atoms with Gasteiger partial charge in [-0.15, -0.1) is 24.0 Å². The number of rotatable bonds is 10. The molecular formula is C21H35IN4O2. The average molecular weight is 502 g/mol. The van der Waals surface area contributed by atoms with Crippen LogP contribution < -0.4 is 10.6 Å². The van der Waals surface area contributed by atoms with Crippen molar-refractivity contribution in [3.63, 3.8) is 0 Å². The molecular weight excluding hydrogens is 467 g/mol. The number of aliphatic imine (C=N–C) groups is 1. The minimum Gasteiger partial charge on any atom is -0.469 e. The van der Waals surface area contributed by atoms with Gasteiger partial charge in [0.15, 0.2) is 5.96 Å². The summed E-state index contributed by atoms with van der Waals surface area (Å²) >= 11 is 0. The number of benzene rings is 1. The third-order valence-corrected chi connectivity index (χ3v) is 4.86. The molecule has 7 heteroatoms. The number of carbonyl (C=O) groups excluding carboxylic acids is 1. The number of methoxy groups -OCH3 is 1. The second kappa shape index (κ2) is 14.6. The van der Waals surface area contributed by atoms with Crippen LogP contribution in [0.4, 0.5) is 0 Å². The summed E-state index contributed by atoms with van der Waals surface area (Å²) in [6.45, 7) is 6.68. The van der Waals surface area contributed by atoms with Gasteiger partial charge in [-0.1, -0.05) is 30.3 Å². The van der Waals surface area contributed by atoms with E-state index >= 15 is 0 Å². The molecule has 1 unspecified atom stereocenters. The summed E-state index contributed by atoms with van der Waals surface area (Å²) in [6, 6.07) is 11.2. The molecule has 2 rings (SSSR count). The Morgan fingerprint density at radius 3 is 2.75 bits per heavy atom. The number of halogens is 1. The Kier molecular flexibility index (Phi) is 12.9. The molecule has 0 radical (unpaired) electrons. The van der Waals surface area contributed by atoms with E-state index in [9.17, 15) is 4.79 Å². The topological polar surface area (TPSA) is 66.0 Å². The summed E-state index contributed by atoms with van der Waals surface area (Å²) in [5, 5.41) is 6.68. The molecule has 1 aromatic carbocycles. The van der Waals surface area contributed by atoms with Crippen molar-refractivity contribution in [2.24, 2.45) is 4.99 Å². The summed E-state index contributed by atoms with van der Waals surface area (Å²) in [5.41, 5.74) is 1.36. The van der Waals surface area contributed by atoms with Crippen molar-refractivity contribution in [2.45, 2.75) is 51.6 Å². The predicted octanol–water partition coefficient (Wildman–Crippen LogP) is 3.17. The van der Waals surface area contributed by atoms with E-state index < -0.39 is 0 Å². The molecule has 158 valence electrons. The van der Waals surface area contributed by atoms with Gasteiger partial charge in [-0.05, 0) is 44.7 Å². The van der Waals surface area contributed by atoms with Gasteiger partial charge < -0.3 is 15.4 Å². The second-order valence-electron chi connectivity index (χ2n) is 6.93. The summed E-state index contributed by atoms with van der Waals surface area (Å²) < 4.78 is 4.66. The molecule has 2 N–H and O–H groups in total. The Hall–Kier alpha value is -1.35. The monoisotopic (exact) mass is 502 g/mol. The van der Waals surface area contributed by atoms with Gasteiger partial charge >= 0.3 is 5.97 Å². The van der Waals surface area contributed by atoms with Crippen LogP contribution in [-0.4, -0.2) is 56.2 Å². The molecule has 28 heavy (non-hydrogen) atoms. The maximum atomic E-state index is 11.1. The fourth-order valence-electron chi connectivity index (χ4n) is 3.37. The summed E-state index contributed by atoms with van der Waals surface area (Å²) in [6.07, 6.45) is 4.66.